The van der Waals surface area contributed by atoms with E-state index in [4.69, 9.17) is 0 Å². The number of nitrogens with one attached hydrogen (secondary N) is 2. The van der Waals surface area contributed by atoms with Crippen molar-refractivity contribution < 1.29 is 8.42 Å². The molecule has 0 aromatic heterocycles. The zero-order valence-electron chi connectivity index (χ0n) is 10.5. The van der Waals surface area contributed by atoms with Crippen molar-refractivity contribution in [1.29, 1.82) is 0 Å². The minimum absolute atomic E-state index is 0.142. The van der Waals surface area contributed by atoms with Gasteiger partial charge in [0.2, 0.25) is 10.0 Å². The van der Waals surface area contributed by atoms with Gasteiger partial charge in [0.05, 0.1) is 6.26 Å². The van der Waals surface area contributed by atoms with Crippen molar-refractivity contribution in [3.8, 4) is 0 Å². The summed E-state index contributed by atoms with van der Waals surface area (Å²) in [4.78, 5) is 2.53. The molecule has 0 atom stereocenters. The Kier molecular flexibility index (Phi) is 4.41. The molecular formula is C11H23N3O2S. The van der Waals surface area contributed by atoms with Crippen LogP contribution < -0.4 is 10.0 Å². The van der Waals surface area contributed by atoms with Crippen LogP contribution in [-0.4, -0.2) is 57.8 Å². The molecule has 17 heavy (non-hydrogen) atoms. The average molecular weight is 261 g/mol. The van der Waals surface area contributed by atoms with Gasteiger partial charge in [-0.15, -0.1) is 0 Å². The fourth-order valence-electron chi connectivity index (χ4n) is 2.86. The lowest BCUT2D eigenvalue weighted by Crippen LogP contribution is -2.50. The lowest BCUT2D eigenvalue weighted by Gasteiger charge is -2.39. The third-order valence-electron chi connectivity index (χ3n) is 3.74. The van der Waals surface area contributed by atoms with Crippen molar-refractivity contribution in [2.45, 2.75) is 37.8 Å². The van der Waals surface area contributed by atoms with E-state index >= 15 is 0 Å². The number of nitrogens with zero attached hydrogens (tertiary/aromatic N) is 1. The molecule has 0 spiro atoms. The molecule has 6 heteroatoms. The molecule has 2 heterocycles. The summed E-state index contributed by atoms with van der Waals surface area (Å²) in [6, 6.07) is 0.846. The first kappa shape index (κ1) is 13.3. The van der Waals surface area contributed by atoms with Crippen molar-refractivity contribution >= 4 is 10.0 Å². The SMILES string of the molecule is CS(=O)(=O)NC1CCN(C2CCNCC2)CC1. The molecular weight excluding hydrogens is 238 g/mol. The van der Waals surface area contributed by atoms with E-state index in [1.807, 2.05) is 0 Å². The summed E-state index contributed by atoms with van der Waals surface area (Å²) in [5.41, 5.74) is 0. The van der Waals surface area contributed by atoms with E-state index in [9.17, 15) is 8.42 Å². The van der Waals surface area contributed by atoms with Crippen LogP contribution in [0.1, 0.15) is 25.7 Å². The lowest BCUT2D eigenvalue weighted by molar-refractivity contribution is 0.125. The number of rotatable bonds is 3. The highest BCUT2D eigenvalue weighted by molar-refractivity contribution is 7.88. The van der Waals surface area contributed by atoms with E-state index in [-0.39, 0.29) is 6.04 Å². The number of sulfonamides is 1. The Labute approximate surface area is 104 Å². The van der Waals surface area contributed by atoms with Gasteiger partial charge < -0.3 is 10.2 Å². The summed E-state index contributed by atoms with van der Waals surface area (Å²) in [5.74, 6) is 0. The third-order valence-corrected chi connectivity index (χ3v) is 4.50. The third kappa shape index (κ3) is 4.21. The van der Waals surface area contributed by atoms with Crippen molar-refractivity contribution in [2.75, 3.05) is 32.4 Å². The zero-order chi connectivity index (χ0) is 12.3. The largest absolute Gasteiger partial charge is 0.317 e. The van der Waals surface area contributed by atoms with Crippen LogP contribution in [0, 0.1) is 0 Å². The van der Waals surface area contributed by atoms with E-state index < -0.39 is 10.0 Å². The van der Waals surface area contributed by atoms with E-state index in [2.05, 4.69) is 14.9 Å². The van der Waals surface area contributed by atoms with E-state index in [0.29, 0.717) is 6.04 Å². The molecule has 2 saturated heterocycles. The quantitative estimate of drug-likeness (QED) is 0.735. The number of likely N-dealkylation sites (tertiary alicyclic amines) is 1. The predicted molar refractivity (Wildman–Crippen MR) is 68.5 cm³/mol. The topological polar surface area (TPSA) is 61.4 Å². The summed E-state index contributed by atoms with van der Waals surface area (Å²) < 4.78 is 25.0. The highest BCUT2D eigenvalue weighted by Crippen LogP contribution is 2.18. The van der Waals surface area contributed by atoms with Gasteiger partial charge in [0, 0.05) is 12.1 Å². The maximum absolute atomic E-state index is 11.1. The maximum atomic E-state index is 11.1. The first-order valence-electron chi connectivity index (χ1n) is 6.47. The van der Waals surface area contributed by atoms with Gasteiger partial charge in [0.25, 0.3) is 0 Å². The minimum atomic E-state index is -3.04. The Bertz CT molecular complexity index is 331. The second-order valence-electron chi connectivity index (χ2n) is 5.18. The number of hydrogen-bond donors (Lipinski definition) is 2. The van der Waals surface area contributed by atoms with E-state index in [0.717, 1.165) is 39.0 Å². The Hall–Kier alpha value is -0.170. The van der Waals surface area contributed by atoms with Gasteiger partial charge in [-0.3, -0.25) is 0 Å². The van der Waals surface area contributed by atoms with E-state index in [1.165, 1.54) is 19.1 Å². The fraction of sp³-hybridized carbons (Fsp3) is 1.00. The summed E-state index contributed by atoms with van der Waals surface area (Å²) >= 11 is 0. The van der Waals surface area contributed by atoms with Crippen LogP contribution in [0.2, 0.25) is 0 Å². The van der Waals surface area contributed by atoms with Gasteiger partial charge >= 0.3 is 0 Å². The summed E-state index contributed by atoms with van der Waals surface area (Å²) in [6.07, 6.45) is 5.58. The van der Waals surface area contributed by atoms with Crippen LogP contribution in [0.15, 0.2) is 0 Å². The van der Waals surface area contributed by atoms with Crippen molar-refractivity contribution in [1.82, 2.24) is 14.9 Å². The lowest BCUT2D eigenvalue weighted by atomic mass is 9.99. The fourth-order valence-corrected chi connectivity index (χ4v) is 3.70. The minimum Gasteiger partial charge on any atom is -0.317 e. The molecule has 2 aliphatic rings. The zero-order valence-corrected chi connectivity index (χ0v) is 11.3. The van der Waals surface area contributed by atoms with Gasteiger partial charge in [0.15, 0.2) is 0 Å². The van der Waals surface area contributed by atoms with Gasteiger partial charge in [-0.2, -0.15) is 0 Å². The standard InChI is InChI=1S/C11H23N3O2S/c1-17(15,16)13-10-4-8-14(9-5-10)11-2-6-12-7-3-11/h10-13H,2-9H2,1H3. The second-order valence-corrected chi connectivity index (χ2v) is 6.96. The Morgan fingerprint density at radius 1 is 1.12 bits per heavy atom. The van der Waals surface area contributed by atoms with Crippen LogP contribution in [0.5, 0.6) is 0 Å². The molecule has 2 N–H and O–H groups in total. The summed E-state index contributed by atoms with van der Waals surface area (Å²) in [7, 11) is -3.04. The maximum Gasteiger partial charge on any atom is 0.208 e. The van der Waals surface area contributed by atoms with Gasteiger partial charge in [-0.1, -0.05) is 0 Å². The highest BCUT2D eigenvalue weighted by atomic mass is 32.2. The molecule has 100 valence electrons. The normalized spacial score (nSPS) is 26.2. The first-order chi connectivity index (χ1) is 8.04. The van der Waals surface area contributed by atoms with Crippen LogP contribution in [-0.2, 0) is 10.0 Å². The molecule has 0 aliphatic carbocycles. The number of hydrogen-bond acceptors (Lipinski definition) is 4. The highest BCUT2D eigenvalue weighted by Gasteiger charge is 2.26. The van der Waals surface area contributed by atoms with Gasteiger partial charge in [-0.25, -0.2) is 13.1 Å². The smallest absolute Gasteiger partial charge is 0.208 e. The molecule has 0 aromatic rings. The van der Waals surface area contributed by atoms with Crippen LogP contribution in [0.4, 0.5) is 0 Å². The van der Waals surface area contributed by atoms with Crippen LogP contribution in [0.3, 0.4) is 0 Å². The molecule has 0 unspecified atom stereocenters. The molecule has 0 aromatic carbocycles. The second kappa shape index (κ2) is 5.65. The Morgan fingerprint density at radius 2 is 1.71 bits per heavy atom. The van der Waals surface area contributed by atoms with Crippen molar-refractivity contribution in [2.24, 2.45) is 0 Å². The summed E-state index contributed by atoms with van der Waals surface area (Å²) in [5, 5.41) is 3.38. The van der Waals surface area contributed by atoms with Crippen LogP contribution >= 0.6 is 0 Å². The van der Waals surface area contributed by atoms with Crippen LogP contribution in [0.25, 0.3) is 0 Å². The molecule has 0 amide bonds. The summed E-state index contributed by atoms with van der Waals surface area (Å²) in [6.45, 7) is 4.29. The average Bonchev–Trinajstić information content (AvgIpc) is 2.29. The molecule has 5 nitrogen and oxygen atoms in total. The molecule has 0 saturated carbocycles. The molecule has 2 rings (SSSR count). The Balaban J connectivity index is 1.77. The van der Waals surface area contributed by atoms with Crippen molar-refractivity contribution in [3.63, 3.8) is 0 Å². The molecule has 2 aliphatic heterocycles. The monoisotopic (exact) mass is 261 g/mol. The van der Waals surface area contributed by atoms with E-state index in [1.54, 1.807) is 0 Å². The van der Waals surface area contributed by atoms with Crippen molar-refractivity contribution in [3.05, 3.63) is 0 Å². The predicted octanol–water partition coefficient (Wildman–Crippen LogP) is -0.248. The van der Waals surface area contributed by atoms with Gasteiger partial charge in [0.1, 0.15) is 0 Å². The molecule has 0 bridgehead atoms. The molecule has 0 radical (unpaired) electrons. The Morgan fingerprint density at radius 3 is 2.24 bits per heavy atom. The van der Waals surface area contributed by atoms with Gasteiger partial charge in [-0.05, 0) is 51.9 Å². The number of piperidine rings is 2. The first-order valence-corrected chi connectivity index (χ1v) is 8.36. The molecule has 2 fully saturated rings.